The van der Waals surface area contributed by atoms with Gasteiger partial charge in [0, 0.05) is 16.7 Å². The lowest BCUT2D eigenvalue weighted by atomic mass is 10.3. The van der Waals surface area contributed by atoms with Gasteiger partial charge in [-0.3, -0.25) is 4.79 Å². The lowest BCUT2D eigenvalue weighted by Gasteiger charge is -2.15. The summed E-state index contributed by atoms with van der Waals surface area (Å²) in [6, 6.07) is 1.21. The van der Waals surface area contributed by atoms with E-state index in [9.17, 15) is 9.59 Å². The van der Waals surface area contributed by atoms with Gasteiger partial charge >= 0.3 is 5.97 Å². The molecule has 6 heteroatoms. The Hall–Kier alpha value is -1.30. The van der Waals surface area contributed by atoms with Crippen molar-refractivity contribution in [2.75, 3.05) is 7.11 Å². The van der Waals surface area contributed by atoms with Crippen molar-refractivity contribution in [3.63, 3.8) is 0 Å². The highest BCUT2D eigenvalue weighted by Gasteiger charge is 2.20. The average molecular weight is 317 g/mol. The number of rotatable bonds is 4. The molecular weight excluding hydrogens is 300 g/mol. The minimum atomic E-state index is -0.670. The summed E-state index contributed by atoms with van der Waals surface area (Å²) in [4.78, 5) is 23.3. The van der Waals surface area contributed by atoms with E-state index in [2.05, 4.69) is 26.0 Å². The first-order valence-electron chi connectivity index (χ1n) is 5.63. The van der Waals surface area contributed by atoms with Gasteiger partial charge in [-0.15, -0.1) is 0 Å². The van der Waals surface area contributed by atoms with Crippen molar-refractivity contribution >= 4 is 27.8 Å². The standard InChI is InChI=1S/C12H17BrN2O3/c1-7(2)15-6-9(13)5-10(15)11(16)14-8(3)12(17)18-4/h5-8H,1-4H3,(H,14,16)/t8-/m0/s1. The third-order valence-electron chi connectivity index (χ3n) is 2.51. The van der Waals surface area contributed by atoms with E-state index in [1.165, 1.54) is 7.11 Å². The number of ether oxygens (including phenoxy) is 1. The molecule has 1 aromatic rings. The maximum Gasteiger partial charge on any atom is 0.328 e. The van der Waals surface area contributed by atoms with Crippen LogP contribution < -0.4 is 5.32 Å². The number of halogens is 1. The summed E-state index contributed by atoms with van der Waals surface area (Å²) < 4.78 is 7.22. The van der Waals surface area contributed by atoms with Crippen LogP contribution in [-0.2, 0) is 9.53 Å². The molecule has 1 N–H and O–H groups in total. The summed E-state index contributed by atoms with van der Waals surface area (Å²) in [5.74, 6) is -0.766. The smallest absolute Gasteiger partial charge is 0.328 e. The fourth-order valence-corrected chi connectivity index (χ4v) is 2.00. The molecule has 1 amide bonds. The predicted molar refractivity (Wildman–Crippen MR) is 71.5 cm³/mol. The topological polar surface area (TPSA) is 60.3 Å². The van der Waals surface area contributed by atoms with Crippen LogP contribution in [0.1, 0.15) is 37.3 Å². The second-order valence-corrected chi connectivity index (χ2v) is 5.18. The Labute approximate surface area is 115 Å². The molecule has 0 aliphatic rings. The normalized spacial score (nSPS) is 12.3. The van der Waals surface area contributed by atoms with Crippen molar-refractivity contribution in [3.05, 3.63) is 22.4 Å². The number of hydrogen-bond acceptors (Lipinski definition) is 3. The van der Waals surface area contributed by atoms with Crippen molar-refractivity contribution in [3.8, 4) is 0 Å². The number of carbonyl (C=O) groups excluding carboxylic acids is 2. The number of carbonyl (C=O) groups is 2. The van der Waals surface area contributed by atoms with Crippen molar-refractivity contribution in [2.24, 2.45) is 0 Å². The molecule has 100 valence electrons. The quantitative estimate of drug-likeness (QED) is 0.866. The molecule has 0 aliphatic carbocycles. The van der Waals surface area contributed by atoms with E-state index < -0.39 is 12.0 Å². The van der Waals surface area contributed by atoms with Gasteiger partial charge in [0.25, 0.3) is 5.91 Å². The minimum absolute atomic E-state index is 0.158. The Balaban J connectivity index is 2.87. The predicted octanol–water partition coefficient (Wildman–Crippen LogP) is 2.12. The minimum Gasteiger partial charge on any atom is -0.467 e. The van der Waals surface area contributed by atoms with Crippen LogP contribution in [0, 0.1) is 0 Å². The van der Waals surface area contributed by atoms with Gasteiger partial charge in [0.05, 0.1) is 7.11 Å². The van der Waals surface area contributed by atoms with Gasteiger partial charge < -0.3 is 14.6 Å². The second kappa shape index (κ2) is 6.04. The molecule has 0 spiro atoms. The second-order valence-electron chi connectivity index (χ2n) is 4.26. The van der Waals surface area contributed by atoms with Crippen LogP contribution >= 0.6 is 15.9 Å². The molecule has 1 atom stereocenters. The third-order valence-corrected chi connectivity index (χ3v) is 2.94. The molecule has 0 bridgehead atoms. The zero-order valence-electron chi connectivity index (χ0n) is 10.9. The monoisotopic (exact) mass is 316 g/mol. The van der Waals surface area contributed by atoms with Crippen LogP contribution in [0.5, 0.6) is 0 Å². The Bertz CT molecular complexity index is 454. The Morgan fingerprint density at radius 1 is 1.39 bits per heavy atom. The molecule has 1 rings (SSSR count). The highest BCUT2D eigenvalue weighted by molar-refractivity contribution is 9.10. The van der Waals surface area contributed by atoms with E-state index in [0.717, 1.165) is 4.47 Å². The zero-order valence-corrected chi connectivity index (χ0v) is 12.4. The van der Waals surface area contributed by atoms with Crippen LogP contribution in [0.4, 0.5) is 0 Å². The number of hydrogen-bond donors (Lipinski definition) is 1. The molecule has 0 saturated heterocycles. The lowest BCUT2D eigenvalue weighted by Crippen LogP contribution is -2.40. The molecule has 0 unspecified atom stereocenters. The molecule has 1 heterocycles. The van der Waals surface area contributed by atoms with E-state index in [1.807, 2.05) is 24.6 Å². The Morgan fingerprint density at radius 3 is 2.50 bits per heavy atom. The van der Waals surface area contributed by atoms with Crippen molar-refractivity contribution < 1.29 is 14.3 Å². The summed E-state index contributed by atoms with van der Waals surface area (Å²) in [5, 5.41) is 2.60. The largest absolute Gasteiger partial charge is 0.467 e. The molecule has 0 aliphatic heterocycles. The van der Waals surface area contributed by atoms with Crippen LogP contribution in [0.3, 0.4) is 0 Å². The summed E-state index contributed by atoms with van der Waals surface area (Å²) >= 11 is 3.34. The summed E-state index contributed by atoms with van der Waals surface area (Å²) in [5.41, 5.74) is 0.507. The first-order valence-corrected chi connectivity index (χ1v) is 6.42. The number of methoxy groups -OCH3 is 1. The van der Waals surface area contributed by atoms with Crippen LogP contribution in [0.15, 0.2) is 16.7 Å². The Morgan fingerprint density at radius 2 is 2.00 bits per heavy atom. The highest BCUT2D eigenvalue weighted by Crippen LogP contribution is 2.19. The molecule has 0 fully saturated rings. The maximum absolute atomic E-state index is 12.1. The molecule has 18 heavy (non-hydrogen) atoms. The number of nitrogens with zero attached hydrogens (tertiary/aromatic N) is 1. The maximum atomic E-state index is 12.1. The van der Waals surface area contributed by atoms with Crippen LogP contribution in [0.25, 0.3) is 0 Å². The highest BCUT2D eigenvalue weighted by atomic mass is 79.9. The number of esters is 1. The van der Waals surface area contributed by atoms with Crippen LogP contribution in [-0.4, -0.2) is 29.6 Å². The van der Waals surface area contributed by atoms with E-state index in [0.29, 0.717) is 5.69 Å². The summed E-state index contributed by atoms with van der Waals surface area (Å²) in [6.45, 7) is 5.54. The number of amides is 1. The van der Waals surface area contributed by atoms with Gasteiger partial charge in [0.1, 0.15) is 11.7 Å². The molecule has 0 saturated carbocycles. The molecule has 0 radical (unpaired) electrons. The zero-order chi connectivity index (χ0) is 13.9. The summed E-state index contributed by atoms with van der Waals surface area (Å²) in [7, 11) is 1.29. The van der Waals surface area contributed by atoms with Gasteiger partial charge in [0.15, 0.2) is 0 Å². The van der Waals surface area contributed by atoms with E-state index in [4.69, 9.17) is 0 Å². The van der Waals surface area contributed by atoms with Crippen molar-refractivity contribution in [1.29, 1.82) is 0 Å². The van der Waals surface area contributed by atoms with Crippen LogP contribution in [0.2, 0.25) is 0 Å². The van der Waals surface area contributed by atoms with Gasteiger partial charge in [-0.05, 0) is 42.8 Å². The number of aromatic nitrogens is 1. The third kappa shape index (κ3) is 3.35. The van der Waals surface area contributed by atoms with Gasteiger partial charge in [-0.2, -0.15) is 0 Å². The fraction of sp³-hybridized carbons (Fsp3) is 0.500. The average Bonchev–Trinajstić information content (AvgIpc) is 2.70. The van der Waals surface area contributed by atoms with Gasteiger partial charge in [0.2, 0.25) is 0 Å². The lowest BCUT2D eigenvalue weighted by molar-refractivity contribution is -0.142. The summed E-state index contributed by atoms with van der Waals surface area (Å²) in [6.07, 6.45) is 1.84. The first-order chi connectivity index (χ1) is 8.36. The van der Waals surface area contributed by atoms with Gasteiger partial charge in [-0.25, -0.2) is 4.79 Å². The van der Waals surface area contributed by atoms with Crippen molar-refractivity contribution in [2.45, 2.75) is 32.9 Å². The Kier molecular flexibility index (Phi) is 4.95. The van der Waals surface area contributed by atoms with Crippen molar-refractivity contribution in [1.82, 2.24) is 9.88 Å². The van der Waals surface area contributed by atoms with E-state index in [1.54, 1.807) is 13.0 Å². The van der Waals surface area contributed by atoms with E-state index in [-0.39, 0.29) is 11.9 Å². The molecule has 5 nitrogen and oxygen atoms in total. The van der Waals surface area contributed by atoms with Gasteiger partial charge in [-0.1, -0.05) is 0 Å². The molecule has 1 aromatic heterocycles. The first kappa shape index (κ1) is 14.8. The SMILES string of the molecule is COC(=O)[C@H](C)NC(=O)c1cc(Br)cn1C(C)C. The molecule has 0 aromatic carbocycles. The fourth-order valence-electron chi connectivity index (χ4n) is 1.56. The van der Waals surface area contributed by atoms with E-state index >= 15 is 0 Å². The number of nitrogens with one attached hydrogen (secondary N) is 1. The molecular formula is C12H17BrN2O3.